The third-order valence-corrected chi connectivity index (χ3v) is 19.9. The highest BCUT2D eigenvalue weighted by atomic mass is 32.1. The monoisotopic (exact) mass is 915 g/mol. The number of hydrogen-bond acceptors (Lipinski definition) is 5. The summed E-state index contributed by atoms with van der Waals surface area (Å²) in [6, 6.07) is 81.2. The number of furan rings is 1. The number of benzene rings is 10. The summed E-state index contributed by atoms with van der Waals surface area (Å²) in [5.74, 6) is 0. The van der Waals surface area contributed by atoms with Crippen LogP contribution in [0.1, 0.15) is 0 Å². The van der Waals surface area contributed by atoms with Crippen LogP contribution >= 0.6 is 11.3 Å². The van der Waals surface area contributed by atoms with Crippen LogP contribution < -0.4 is 41.5 Å². The second kappa shape index (κ2) is 14.5. The van der Waals surface area contributed by atoms with Gasteiger partial charge in [-0.1, -0.05) is 153 Å². The maximum Gasteiger partial charge on any atom is 0.252 e. The van der Waals surface area contributed by atoms with Crippen molar-refractivity contribution in [2.24, 2.45) is 0 Å². The lowest BCUT2D eigenvalue weighted by Gasteiger charge is -2.45. The van der Waals surface area contributed by atoms with E-state index in [9.17, 15) is 0 Å². The van der Waals surface area contributed by atoms with Crippen LogP contribution in [-0.2, 0) is 0 Å². The van der Waals surface area contributed by atoms with Crippen LogP contribution in [0, 0.1) is 0 Å². The molecule has 0 spiro atoms. The number of anilines is 9. The molecule has 0 saturated heterocycles. The maximum atomic E-state index is 6.76. The van der Waals surface area contributed by atoms with E-state index in [4.69, 9.17) is 4.42 Å². The van der Waals surface area contributed by atoms with E-state index < -0.39 is 8.07 Å². The van der Waals surface area contributed by atoms with Crippen molar-refractivity contribution in [2.75, 3.05) is 14.7 Å². The van der Waals surface area contributed by atoms with Crippen molar-refractivity contribution in [3.05, 3.63) is 218 Å². The van der Waals surface area contributed by atoms with Gasteiger partial charge in [0.25, 0.3) is 6.71 Å². The second-order valence-corrected chi connectivity index (χ2v) is 24.6. The Balaban J connectivity index is 1.13. The highest BCUT2D eigenvalue weighted by Gasteiger charge is 2.46. The summed E-state index contributed by atoms with van der Waals surface area (Å²) in [4.78, 5) is 7.69. The predicted molar refractivity (Wildman–Crippen MR) is 298 cm³/mol. The van der Waals surface area contributed by atoms with Crippen LogP contribution in [0.2, 0.25) is 13.1 Å². The molecule has 0 aliphatic carbocycles. The largest absolute Gasteiger partial charge is 0.456 e. The van der Waals surface area contributed by atoms with Gasteiger partial charge in [0, 0.05) is 59.6 Å². The Morgan fingerprint density at radius 2 is 1.07 bits per heavy atom. The molecule has 0 N–H and O–H groups in total. The third kappa shape index (κ3) is 5.40. The maximum absolute atomic E-state index is 6.76. The molecular weight excluding hydrogens is 874 g/mol. The van der Waals surface area contributed by atoms with E-state index in [0.29, 0.717) is 0 Å². The molecule has 2 aromatic heterocycles. The van der Waals surface area contributed by atoms with Gasteiger partial charge >= 0.3 is 0 Å². The Bertz CT molecular complexity index is 3910. The fourth-order valence-electron chi connectivity index (χ4n) is 12.3. The van der Waals surface area contributed by atoms with Gasteiger partial charge in [0.2, 0.25) is 0 Å². The van der Waals surface area contributed by atoms with Crippen molar-refractivity contribution >= 4 is 146 Å². The minimum atomic E-state index is -2.03. The molecule has 3 aliphatic rings. The molecule has 0 unspecified atom stereocenters. The Kier molecular flexibility index (Phi) is 8.16. The molecule has 5 heterocycles. The summed E-state index contributed by atoms with van der Waals surface area (Å²) in [6.45, 7) is 4.92. The van der Waals surface area contributed by atoms with Crippen molar-refractivity contribution in [3.63, 3.8) is 0 Å². The fraction of sp³-hybridized carbons (Fsp3) is 0.0323. The standard InChI is InChI=1S/C62H42BN3OSSi/c1-69(2)55-31-17-14-27-45(55)57-48(28-18-32-56(57)69)64(39-19-6-3-7-20-39)42-37-49-60-50(38-42)66(41-23-10-5-11-24-41)62-47(34-36-54-59(62)44-26-13-16-30-53(44)68-54)63(60)46-33-35-52-58(43-25-12-15-29-51(43)67-52)61(46)65(49)40-21-8-4-9-22-40/h3-38H,1-2H3. The molecule has 69 heavy (non-hydrogen) atoms. The van der Waals surface area contributed by atoms with Crippen LogP contribution in [0.15, 0.2) is 223 Å². The summed E-state index contributed by atoms with van der Waals surface area (Å²) in [6.07, 6.45) is 0. The number of rotatable bonds is 5. The van der Waals surface area contributed by atoms with Gasteiger partial charge < -0.3 is 19.1 Å². The van der Waals surface area contributed by atoms with Gasteiger partial charge in [-0.15, -0.1) is 11.3 Å². The second-order valence-electron chi connectivity index (χ2n) is 19.2. The zero-order valence-corrected chi connectivity index (χ0v) is 39.8. The van der Waals surface area contributed by atoms with Crippen LogP contribution in [-0.4, -0.2) is 14.8 Å². The number of hydrogen-bond donors (Lipinski definition) is 0. The van der Waals surface area contributed by atoms with E-state index in [0.717, 1.165) is 56.1 Å². The zero-order valence-electron chi connectivity index (χ0n) is 38.0. The number of fused-ring (bicyclic) bond motifs is 15. The van der Waals surface area contributed by atoms with Gasteiger partial charge in [0.15, 0.2) is 0 Å². The van der Waals surface area contributed by atoms with E-state index in [1.54, 1.807) is 0 Å². The fourth-order valence-corrected chi connectivity index (χ4v) is 16.5. The van der Waals surface area contributed by atoms with Crippen molar-refractivity contribution in [2.45, 2.75) is 13.1 Å². The van der Waals surface area contributed by atoms with E-state index in [1.165, 1.54) is 75.1 Å². The number of para-hydroxylation sites is 4. The summed E-state index contributed by atoms with van der Waals surface area (Å²) in [5, 5.41) is 7.78. The normalized spacial score (nSPS) is 14.0. The lowest BCUT2D eigenvalue weighted by atomic mass is 9.33. The molecule has 7 heteroatoms. The minimum Gasteiger partial charge on any atom is -0.456 e. The predicted octanol–water partition coefficient (Wildman–Crippen LogP) is 14.3. The van der Waals surface area contributed by atoms with Crippen LogP contribution in [0.4, 0.5) is 51.2 Å². The summed E-state index contributed by atoms with van der Waals surface area (Å²) < 4.78 is 9.34. The molecule has 0 atom stereocenters. The average Bonchev–Trinajstić information content (AvgIpc) is 4.05. The highest BCUT2D eigenvalue weighted by molar-refractivity contribution is 7.26. The lowest BCUT2D eigenvalue weighted by Crippen LogP contribution is -2.61. The van der Waals surface area contributed by atoms with Crippen molar-refractivity contribution in [1.82, 2.24) is 0 Å². The van der Waals surface area contributed by atoms with Crippen molar-refractivity contribution in [1.29, 1.82) is 0 Å². The zero-order chi connectivity index (χ0) is 45.5. The van der Waals surface area contributed by atoms with Crippen LogP contribution in [0.25, 0.3) is 53.2 Å². The smallest absolute Gasteiger partial charge is 0.252 e. The van der Waals surface area contributed by atoms with Gasteiger partial charge in [-0.3, -0.25) is 0 Å². The molecule has 0 radical (unpaired) electrons. The molecule has 324 valence electrons. The first-order chi connectivity index (χ1) is 34.0. The van der Waals surface area contributed by atoms with Gasteiger partial charge in [0.1, 0.15) is 19.2 Å². The number of thiophene rings is 1. The Hall–Kier alpha value is -8.10. The number of nitrogens with zero attached hydrogens (tertiary/aromatic N) is 3. The molecule has 4 nitrogen and oxygen atoms in total. The average molecular weight is 916 g/mol. The Morgan fingerprint density at radius 3 is 1.81 bits per heavy atom. The summed E-state index contributed by atoms with van der Waals surface area (Å²) in [7, 11) is -2.03. The molecule has 0 bridgehead atoms. The van der Waals surface area contributed by atoms with E-state index in [-0.39, 0.29) is 6.71 Å². The quantitative estimate of drug-likeness (QED) is 0.161. The molecule has 0 fully saturated rings. The summed E-state index contributed by atoms with van der Waals surface area (Å²) >= 11 is 1.88. The van der Waals surface area contributed by atoms with Crippen LogP contribution in [0.5, 0.6) is 0 Å². The van der Waals surface area contributed by atoms with E-state index in [1.807, 2.05) is 11.3 Å². The molecular formula is C62H42BN3OSSi. The molecule has 3 aliphatic heterocycles. The molecule has 10 aromatic carbocycles. The van der Waals surface area contributed by atoms with Crippen molar-refractivity contribution in [3.8, 4) is 11.1 Å². The van der Waals surface area contributed by atoms with E-state index >= 15 is 0 Å². The third-order valence-electron chi connectivity index (χ3n) is 15.2. The topological polar surface area (TPSA) is 22.9 Å². The van der Waals surface area contributed by atoms with Gasteiger partial charge in [-0.05, 0) is 111 Å². The first kappa shape index (κ1) is 39.0. The Morgan fingerprint density at radius 1 is 0.478 bits per heavy atom. The molecule has 0 saturated carbocycles. The summed E-state index contributed by atoms with van der Waals surface area (Å²) in [5.41, 5.74) is 18.6. The highest BCUT2D eigenvalue weighted by Crippen LogP contribution is 2.53. The lowest BCUT2D eigenvalue weighted by molar-refractivity contribution is 0.669. The van der Waals surface area contributed by atoms with Gasteiger partial charge in [-0.25, -0.2) is 0 Å². The van der Waals surface area contributed by atoms with Crippen LogP contribution in [0.3, 0.4) is 0 Å². The molecule has 15 rings (SSSR count). The SMILES string of the molecule is C[Si]1(C)c2ccccc2-c2c(N(c3ccccc3)c3cc4c5c(c3)N(c3ccccc3)c3c(ccc6sc7ccccc7c36)B5c3ccc5oc6ccccc6c5c3N4c3ccccc3)cccc21. The minimum absolute atomic E-state index is 0.0973. The first-order valence-electron chi connectivity index (χ1n) is 23.9. The van der Waals surface area contributed by atoms with Crippen molar-refractivity contribution < 1.29 is 4.42 Å². The van der Waals surface area contributed by atoms with Gasteiger partial charge in [-0.2, -0.15) is 0 Å². The van der Waals surface area contributed by atoms with E-state index in [2.05, 4.69) is 246 Å². The molecule has 0 amide bonds. The Labute approximate surface area is 405 Å². The first-order valence-corrected chi connectivity index (χ1v) is 27.7. The molecule has 12 aromatic rings. The van der Waals surface area contributed by atoms with Gasteiger partial charge in [0.05, 0.1) is 28.1 Å².